The molecule has 14 atom stereocenters. The van der Waals surface area contributed by atoms with Crippen molar-refractivity contribution in [2.24, 2.45) is 28.6 Å². The van der Waals surface area contributed by atoms with Crippen LogP contribution in [0, 0.1) is 28.6 Å². The van der Waals surface area contributed by atoms with Crippen molar-refractivity contribution in [2.45, 2.75) is 93.1 Å². The summed E-state index contributed by atoms with van der Waals surface area (Å²) in [5.74, 6) is -3.18. The van der Waals surface area contributed by atoms with Crippen LogP contribution in [0.15, 0.2) is 12.2 Å². The van der Waals surface area contributed by atoms with Crippen LogP contribution in [0.25, 0.3) is 0 Å². The highest BCUT2D eigenvalue weighted by molar-refractivity contribution is 5.86. The largest absolute Gasteiger partial charge is 0.469 e. The first kappa shape index (κ1) is 26.6. The molecule has 1 spiro atoms. The first-order chi connectivity index (χ1) is 17.8. The summed E-state index contributed by atoms with van der Waals surface area (Å²) in [7, 11) is 1.27. The standard InChI is InChI=1S/C26H36O12/c1-10-6-24-9-25(10,34)5-4-13(24)26-7-11(36-21-17(30)16(29)15(28)12(8-27)37-21)19(31)23(2,22(33)38-26)18(26)14(24)20(32)35-3/h11-19,21,27-31,34H,1,4-9H2,2-3H3/t11-,12+,13+,14+,15+,16-,17+,18+,19-,21+,23-,24-,25-,26+/m0/s1. The van der Waals surface area contributed by atoms with Crippen molar-refractivity contribution in [3.05, 3.63) is 12.2 Å². The van der Waals surface area contributed by atoms with Crippen molar-refractivity contribution < 1.29 is 59.2 Å². The van der Waals surface area contributed by atoms with Crippen LogP contribution >= 0.6 is 0 Å². The Balaban J connectivity index is 1.41. The van der Waals surface area contributed by atoms with Gasteiger partial charge in [0, 0.05) is 18.3 Å². The van der Waals surface area contributed by atoms with Crippen LogP contribution in [-0.2, 0) is 28.5 Å². The van der Waals surface area contributed by atoms with E-state index in [1.165, 1.54) is 14.0 Å². The molecule has 4 bridgehead atoms. The molecule has 2 heterocycles. The summed E-state index contributed by atoms with van der Waals surface area (Å²) in [5.41, 5.74) is -4.12. The van der Waals surface area contributed by atoms with Gasteiger partial charge in [0.05, 0.1) is 37.4 Å². The first-order valence-electron chi connectivity index (χ1n) is 13.2. The molecule has 6 N–H and O–H groups in total. The summed E-state index contributed by atoms with van der Waals surface area (Å²) in [4.78, 5) is 26.9. The summed E-state index contributed by atoms with van der Waals surface area (Å²) in [5, 5.41) is 63.4. The van der Waals surface area contributed by atoms with Gasteiger partial charge < -0.3 is 49.6 Å². The lowest BCUT2D eigenvalue weighted by atomic mass is 9.58. The van der Waals surface area contributed by atoms with Gasteiger partial charge in [0.25, 0.3) is 0 Å². The molecule has 0 aromatic carbocycles. The van der Waals surface area contributed by atoms with Crippen LogP contribution in [0.3, 0.4) is 0 Å². The van der Waals surface area contributed by atoms with E-state index < -0.39 is 95.3 Å². The second kappa shape index (κ2) is 8.20. The van der Waals surface area contributed by atoms with Gasteiger partial charge in [-0.1, -0.05) is 6.58 Å². The number of carbonyl (C=O) groups is 2. The molecule has 4 saturated carbocycles. The Hall–Kier alpha value is -1.64. The Kier molecular flexibility index (Phi) is 5.73. The first-order valence-corrected chi connectivity index (χ1v) is 13.2. The molecule has 12 nitrogen and oxygen atoms in total. The number of rotatable bonds is 4. The predicted molar refractivity (Wildman–Crippen MR) is 124 cm³/mol. The van der Waals surface area contributed by atoms with E-state index in [4.69, 9.17) is 18.9 Å². The number of aliphatic hydroxyl groups excluding tert-OH is 5. The van der Waals surface area contributed by atoms with Gasteiger partial charge in [-0.25, -0.2) is 0 Å². The third kappa shape index (κ3) is 2.98. The fraction of sp³-hybridized carbons (Fsp3) is 0.846. The van der Waals surface area contributed by atoms with Crippen LogP contribution in [-0.4, -0.2) is 110 Å². The molecule has 0 aromatic heterocycles. The molecule has 38 heavy (non-hydrogen) atoms. The van der Waals surface area contributed by atoms with E-state index in [0.29, 0.717) is 24.8 Å². The normalized spacial score (nSPS) is 56.8. The van der Waals surface area contributed by atoms with Crippen molar-refractivity contribution >= 4 is 11.9 Å². The number of hydrogen-bond donors (Lipinski definition) is 6. The number of fused-ring (bicyclic) bond motifs is 1. The topological polar surface area (TPSA) is 192 Å². The third-order valence-corrected chi connectivity index (χ3v) is 10.9. The average molecular weight is 541 g/mol. The zero-order valence-electron chi connectivity index (χ0n) is 21.4. The fourth-order valence-electron chi connectivity index (χ4n) is 9.27. The highest BCUT2D eigenvalue weighted by Crippen LogP contribution is 2.78. The van der Waals surface area contributed by atoms with Crippen LogP contribution in [0.5, 0.6) is 0 Å². The minimum atomic E-state index is -1.70. The lowest BCUT2D eigenvalue weighted by Crippen LogP contribution is -2.63. The minimum Gasteiger partial charge on any atom is -0.469 e. The second-order valence-electron chi connectivity index (χ2n) is 12.4. The zero-order valence-corrected chi connectivity index (χ0v) is 21.4. The van der Waals surface area contributed by atoms with Gasteiger partial charge in [-0.15, -0.1) is 0 Å². The van der Waals surface area contributed by atoms with E-state index in [9.17, 15) is 40.2 Å². The third-order valence-electron chi connectivity index (χ3n) is 10.9. The van der Waals surface area contributed by atoms with Gasteiger partial charge >= 0.3 is 11.9 Å². The van der Waals surface area contributed by atoms with Crippen LogP contribution in [0.4, 0.5) is 0 Å². The van der Waals surface area contributed by atoms with Gasteiger partial charge in [-0.05, 0) is 43.6 Å². The van der Waals surface area contributed by atoms with Gasteiger partial charge in [0.15, 0.2) is 6.29 Å². The maximum absolute atomic E-state index is 13.5. The molecule has 0 unspecified atom stereocenters. The lowest BCUT2D eigenvalue weighted by molar-refractivity contribution is -0.326. The van der Waals surface area contributed by atoms with E-state index in [2.05, 4.69) is 6.58 Å². The van der Waals surface area contributed by atoms with Crippen molar-refractivity contribution in [3.63, 3.8) is 0 Å². The lowest BCUT2D eigenvalue weighted by Gasteiger charge is -2.49. The van der Waals surface area contributed by atoms with Crippen molar-refractivity contribution in [3.8, 4) is 0 Å². The number of hydrogen-bond acceptors (Lipinski definition) is 12. The number of aliphatic hydroxyl groups is 6. The van der Waals surface area contributed by atoms with Gasteiger partial charge in [0.1, 0.15) is 35.4 Å². The fourth-order valence-corrected chi connectivity index (χ4v) is 9.27. The molecule has 4 aliphatic carbocycles. The van der Waals surface area contributed by atoms with Crippen LogP contribution in [0.1, 0.15) is 39.0 Å². The number of methoxy groups -OCH3 is 1. The Labute approximate surface area is 219 Å². The summed E-state index contributed by atoms with van der Waals surface area (Å²) in [6, 6.07) is 0. The number of ether oxygens (including phenoxy) is 4. The van der Waals surface area contributed by atoms with E-state index in [1.54, 1.807) is 0 Å². The molecule has 0 aromatic rings. The Morgan fingerprint density at radius 1 is 1.18 bits per heavy atom. The molecule has 6 fully saturated rings. The SMILES string of the molecule is C=C1C[C@]23C[C@@]1(O)CC[C@H]2[C@@]12C[C@H](O[C@@H]4O[C@H](CO)[C@@H](O)[C@H](O)[C@H]4O)[C@H](O)[C@@](C)(C(=O)O1)[C@H]2[C@@H]3C(=O)OC. The van der Waals surface area contributed by atoms with Crippen LogP contribution < -0.4 is 0 Å². The Morgan fingerprint density at radius 3 is 2.55 bits per heavy atom. The van der Waals surface area contributed by atoms with Gasteiger partial charge in [-0.3, -0.25) is 9.59 Å². The van der Waals surface area contributed by atoms with Crippen molar-refractivity contribution in [2.75, 3.05) is 13.7 Å². The molecule has 212 valence electrons. The average Bonchev–Trinajstić information content (AvgIpc) is 3.31. The summed E-state index contributed by atoms with van der Waals surface area (Å²) in [6.07, 6.45) is -8.88. The molecule has 0 radical (unpaired) electrons. The molecule has 2 aliphatic heterocycles. The molecule has 2 saturated heterocycles. The minimum absolute atomic E-state index is 0.0278. The summed E-state index contributed by atoms with van der Waals surface area (Å²) in [6.45, 7) is 4.99. The maximum atomic E-state index is 13.5. The molecular formula is C26H36O12. The van der Waals surface area contributed by atoms with Crippen molar-refractivity contribution in [1.82, 2.24) is 0 Å². The van der Waals surface area contributed by atoms with E-state index in [0.717, 1.165) is 0 Å². The zero-order chi connectivity index (χ0) is 27.6. The Morgan fingerprint density at radius 2 is 1.89 bits per heavy atom. The molecule has 12 heteroatoms. The van der Waals surface area contributed by atoms with Crippen molar-refractivity contribution in [1.29, 1.82) is 0 Å². The molecular weight excluding hydrogens is 504 g/mol. The second-order valence-corrected chi connectivity index (χ2v) is 12.4. The van der Waals surface area contributed by atoms with E-state index in [-0.39, 0.29) is 18.8 Å². The smallest absolute Gasteiger partial charge is 0.315 e. The van der Waals surface area contributed by atoms with Gasteiger partial charge in [-0.2, -0.15) is 0 Å². The van der Waals surface area contributed by atoms with Crippen LogP contribution in [0.2, 0.25) is 0 Å². The summed E-state index contributed by atoms with van der Waals surface area (Å²) < 4.78 is 22.9. The quantitative estimate of drug-likeness (QED) is 0.172. The van der Waals surface area contributed by atoms with E-state index >= 15 is 0 Å². The van der Waals surface area contributed by atoms with Gasteiger partial charge in [0.2, 0.25) is 0 Å². The monoisotopic (exact) mass is 540 g/mol. The molecule has 6 aliphatic rings. The predicted octanol–water partition coefficient (Wildman–Crippen LogP) is -1.87. The number of esters is 2. The summed E-state index contributed by atoms with van der Waals surface area (Å²) >= 11 is 0. The molecule has 0 amide bonds. The van der Waals surface area contributed by atoms with E-state index in [1.807, 2.05) is 0 Å². The maximum Gasteiger partial charge on any atom is 0.315 e. The highest BCUT2D eigenvalue weighted by Gasteiger charge is 2.85. The highest BCUT2D eigenvalue weighted by atomic mass is 16.7. The molecule has 6 rings (SSSR count). The Bertz CT molecular complexity index is 1060. The number of carbonyl (C=O) groups excluding carboxylic acids is 2.